The van der Waals surface area contributed by atoms with Gasteiger partial charge >= 0.3 is 6.18 Å². The fourth-order valence-electron chi connectivity index (χ4n) is 2.70. The number of aryl methyl sites for hydroxylation is 1. The van der Waals surface area contributed by atoms with Gasteiger partial charge < -0.3 is 4.74 Å². The zero-order valence-electron chi connectivity index (χ0n) is 15.4. The van der Waals surface area contributed by atoms with Gasteiger partial charge in [-0.25, -0.2) is 9.37 Å². The number of aromatic nitrogens is 1. The Bertz CT molecular complexity index is 1140. The number of nitriles is 1. The van der Waals surface area contributed by atoms with Crippen molar-refractivity contribution in [2.24, 2.45) is 0 Å². The second-order valence-electron chi connectivity index (χ2n) is 6.18. The number of halogens is 4. The Kier molecular flexibility index (Phi) is 5.69. The minimum absolute atomic E-state index is 0.00295. The van der Waals surface area contributed by atoms with Crippen molar-refractivity contribution in [2.75, 3.05) is 4.90 Å². The highest BCUT2D eigenvalue weighted by Crippen LogP contribution is 2.41. The Morgan fingerprint density at radius 2 is 1.87 bits per heavy atom. The van der Waals surface area contributed by atoms with Crippen LogP contribution in [0.4, 0.5) is 28.9 Å². The summed E-state index contributed by atoms with van der Waals surface area (Å²) in [6, 6.07) is 10.7. The number of rotatable bonds is 5. The van der Waals surface area contributed by atoms with Crippen molar-refractivity contribution in [2.45, 2.75) is 13.1 Å². The highest BCUT2D eigenvalue weighted by atomic mass is 19.4. The monoisotopic (exact) mass is 415 g/mol. The van der Waals surface area contributed by atoms with E-state index in [1.165, 1.54) is 37.4 Å². The number of carbonyl (C=O) groups excluding carboxylic acids is 1. The van der Waals surface area contributed by atoms with E-state index >= 15 is 0 Å². The Morgan fingerprint density at radius 3 is 2.50 bits per heavy atom. The fraction of sp³-hybridized carbons (Fsp3) is 0.0952. The molecule has 0 saturated carbocycles. The van der Waals surface area contributed by atoms with Gasteiger partial charge in [-0.2, -0.15) is 18.4 Å². The van der Waals surface area contributed by atoms with Crippen molar-refractivity contribution in [3.8, 4) is 17.6 Å². The van der Waals surface area contributed by atoms with Crippen molar-refractivity contribution in [3.05, 3.63) is 77.4 Å². The number of benzene rings is 2. The molecule has 3 aromatic rings. The number of alkyl halides is 3. The number of ether oxygens (including phenoxy) is 1. The maximum atomic E-state index is 13.4. The molecule has 0 saturated heterocycles. The van der Waals surface area contributed by atoms with Crippen LogP contribution in [-0.4, -0.2) is 11.4 Å². The standard InChI is InChI=1S/C21H13F4N3O2/c1-13-8-15(22)3-5-19(13)30-20-9-14(21(23,24)25)2-4-18(20)28(12-29)17-6-7-27-16(10-17)11-26/h2-10,12H,1H3. The molecule has 0 atom stereocenters. The van der Waals surface area contributed by atoms with Crippen molar-refractivity contribution < 1.29 is 27.1 Å². The molecule has 0 unspecified atom stereocenters. The van der Waals surface area contributed by atoms with E-state index in [-0.39, 0.29) is 28.6 Å². The van der Waals surface area contributed by atoms with E-state index in [1.54, 1.807) is 0 Å². The third kappa shape index (κ3) is 4.38. The van der Waals surface area contributed by atoms with Crippen LogP contribution in [0.25, 0.3) is 0 Å². The maximum Gasteiger partial charge on any atom is 0.416 e. The minimum Gasteiger partial charge on any atom is -0.455 e. The zero-order chi connectivity index (χ0) is 21.9. The smallest absolute Gasteiger partial charge is 0.416 e. The molecule has 1 amide bonds. The molecule has 1 heterocycles. The first-order chi connectivity index (χ1) is 14.2. The molecule has 152 valence electrons. The van der Waals surface area contributed by atoms with E-state index in [2.05, 4.69) is 4.98 Å². The van der Waals surface area contributed by atoms with Gasteiger partial charge in [0.15, 0.2) is 5.75 Å². The molecule has 1 aromatic heterocycles. The molecule has 30 heavy (non-hydrogen) atoms. The van der Waals surface area contributed by atoms with Crippen molar-refractivity contribution >= 4 is 17.8 Å². The molecular formula is C21H13F4N3O2. The normalized spacial score (nSPS) is 10.9. The summed E-state index contributed by atoms with van der Waals surface area (Å²) in [7, 11) is 0. The van der Waals surface area contributed by atoms with E-state index < -0.39 is 17.6 Å². The van der Waals surface area contributed by atoms with Crippen molar-refractivity contribution in [1.82, 2.24) is 4.98 Å². The molecule has 9 heteroatoms. The molecule has 5 nitrogen and oxygen atoms in total. The molecule has 0 aliphatic carbocycles. The summed E-state index contributed by atoms with van der Waals surface area (Å²) in [5, 5.41) is 9.02. The second kappa shape index (κ2) is 8.21. The van der Waals surface area contributed by atoms with Crippen LogP contribution >= 0.6 is 0 Å². The topological polar surface area (TPSA) is 66.2 Å². The lowest BCUT2D eigenvalue weighted by molar-refractivity contribution is -0.137. The lowest BCUT2D eigenvalue weighted by atomic mass is 10.1. The molecule has 0 N–H and O–H groups in total. The van der Waals surface area contributed by atoms with Gasteiger partial charge in [0.25, 0.3) is 0 Å². The van der Waals surface area contributed by atoms with Gasteiger partial charge in [0.1, 0.15) is 23.3 Å². The van der Waals surface area contributed by atoms with Crippen LogP contribution in [0, 0.1) is 24.1 Å². The second-order valence-corrected chi connectivity index (χ2v) is 6.18. The van der Waals surface area contributed by atoms with Crippen LogP contribution < -0.4 is 9.64 Å². The zero-order valence-corrected chi connectivity index (χ0v) is 15.4. The predicted molar refractivity (Wildman–Crippen MR) is 99.8 cm³/mol. The summed E-state index contributed by atoms with van der Waals surface area (Å²) in [6.45, 7) is 1.53. The van der Waals surface area contributed by atoms with Crippen LogP contribution in [0.2, 0.25) is 0 Å². The van der Waals surface area contributed by atoms with Crippen molar-refractivity contribution in [1.29, 1.82) is 5.26 Å². The Morgan fingerprint density at radius 1 is 1.10 bits per heavy atom. The summed E-state index contributed by atoms with van der Waals surface area (Å²) < 4.78 is 58.7. The number of amides is 1. The summed E-state index contributed by atoms with van der Waals surface area (Å²) in [6.07, 6.45) is -2.98. The SMILES string of the molecule is Cc1cc(F)ccc1Oc1cc(C(F)(F)F)ccc1N(C=O)c1ccnc(C#N)c1. The number of hydrogen-bond donors (Lipinski definition) is 0. The lowest BCUT2D eigenvalue weighted by Crippen LogP contribution is -2.16. The van der Waals surface area contributed by atoms with Gasteiger partial charge in [0.05, 0.1) is 16.9 Å². The maximum absolute atomic E-state index is 13.4. The first kappa shape index (κ1) is 20.8. The lowest BCUT2D eigenvalue weighted by Gasteiger charge is -2.22. The molecule has 0 aliphatic rings. The number of hydrogen-bond acceptors (Lipinski definition) is 4. The summed E-state index contributed by atoms with van der Waals surface area (Å²) in [5.41, 5.74) is -0.414. The molecule has 0 bridgehead atoms. The molecule has 0 radical (unpaired) electrons. The van der Waals surface area contributed by atoms with Gasteiger partial charge in [-0.15, -0.1) is 0 Å². The summed E-state index contributed by atoms with van der Waals surface area (Å²) in [5.74, 6) is -0.684. The van der Waals surface area contributed by atoms with Crippen LogP contribution in [0.15, 0.2) is 54.7 Å². The largest absolute Gasteiger partial charge is 0.455 e. The van der Waals surface area contributed by atoms with Crippen LogP contribution in [0.5, 0.6) is 11.5 Å². The van der Waals surface area contributed by atoms with Gasteiger partial charge in [-0.3, -0.25) is 9.69 Å². The molecule has 0 fully saturated rings. The third-order valence-corrected chi connectivity index (χ3v) is 4.15. The number of carbonyl (C=O) groups is 1. The minimum atomic E-state index is -4.65. The van der Waals surface area contributed by atoms with Gasteiger partial charge in [0, 0.05) is 6.20 Å². The van der Waals surface area contributed by atoms with Gasteiger partial charge in [0.2, 0.25) is 6.41 Å². The average molecular weight is 415 g/mol. The number of anilines is 2. The molecule has 0 spiro atoms. The van der Waals surface area contributed by atoms with Gasteiger partial charge in [-0.1, -0.05) is 0 Å². The first-order valence-electron chi connectivity index (χ1n) is 8.49. The quantitative estimate of drug-likeness (QED) is 0.407. The molecule has 2 aromatic carbocycles. The summed E-state index contributed by atoms with van der Waals surface area (Å²) >= 11 is 0. The van der Waals surface area contributed by atoms with E-state index in [1.807, 2.05) is 6.07 Å². The van der Waals surface area contributed by atoms with Crippen LogP contribution in [-0.2, 0) is 11.0 Å². The predicted octanol–water partition coefficient (Wildman–Crippen LogP) is 5.51. The Balaban J connectivity index is 2.14. The molecule has 0 aliphatic heterocycles. The van der Waals surface area contributed by atoms with Crippen LogP contribution in [0.3, 0.4) is 0 Å². The third-order valence-electron chi connectivity index (χ3n) is 4.15. The Hall–Kier alpha value is -3.93. The fourth-order valence-corrected chi connectivity index (χ4v) is 2.70. The molecular weight excluding hydrogens is 402 g/mol. The molecule has 3 rings (SSSR count). The van der Waals surface area contributed by atoms with E-state index in [9.17, 15) is 22.4 Å². The van der Waals surface area contributed by atoms with E-state index in [0.29, 0.717) is 12.0 Å². The van der Waals surface area contributed by atoms with Crippen LogP contribution in [0.1, 0.15) is 16.8 Å². The van der Waals surface area contributed by atoms with Gasteiger partial charge in [-0.05, 0) is 61.0 Å². The Labute approximate surface area is 168 Å². The first-order valence-corrected chi connectivity index (χ1v) is 8.49. The van der Waals surface area contributed by atoms with E-state index in [0.717, 1.165) is 29.2 Å². The average Bonchev–Trinajstić information content (AvgIpc) is 2.71. The summed E-state index contributed by atoms with van der Waals surface area (Å²) in [4.78, 5) is 16.6. The highest BCUT2D eigenvalue weighted by Gasteiger charge is 2.32. The number of pyridine rings is 1. The number of nitrogens with zero attached hydrogens (tertiary/aromatic N) is 3. The highest BCUT2D eigenvalue weighted by molar-refractivity contribution is 5.89. The van der Waals surface area contributed by atoms with E-state index in [4.69, 9.17) is 10.00 Å². The van der Waals surface area contributed by atoms with Crippen molar-refractivity contribution in [3.63, 3.8) is 0 Å².